The van der Waals surface area contributed by atoms with Gasteiger partial charge in [-0.05, 0) is 111 Å². The number of carbonyl (C=O) groups is 1. The molecular formula is C32H41ClN2O6S. The summed E-state index contributed by atoms with van der Waals surface area (Å²) >= 11 is 6.39. The van der Waals surface area contributed by atoms with E-state index in [1.165, 1.54) is 11.1 Å². The van der Waals surface area contributed by atoms with Crippen molar-refractivity contribution in [1.29, 1.82) is 0 Å². The summed E-state index contributed by atoms with van der Waals surface area (Å²) in [5, 5.41) is 15.6. The first-order valence-corrected chi connectivity index (χ1v) is 17.1. The monoisotopic (exact) mass is 616 g/mol. The molecule has 8 nitrogen and oxygen atoms in total. The molecule has 2 fully saturated rings. The fourth-order valence-electron chi connectivity index (χ4n) is 8.28. The molecule has 228 valence electrons. The second-order valence-electron chi connectivity index (χ2n) is 12.9. The molecule has 6 rings (SSSR count). The Morgan fingerprint density at radius 2 is 2.02 bits per heavy atom. The molecule has 2 aromatic rings. The lowest BCUT2D eigenvalue weighted by atomic mass is 9.65. The number of carboxylic acids is 1. The number of sulfonamides is 1. The normalized spacial score (nSPS) is 29.9. The van der Waals surface area contributed by atoms with Gasteiger partial charge in [0.25, 0.3) is 0 Å². The van der Waals surface area contributed by atoms with Crippen LogP contribution in [0.3, 0.4) is 0 Å². The van der Waals surface area contributed by atoms with Crippen LogP contribution in [0.15, 0.2) is 36.4 Å². The first-order valence-electron chi connectivity index (χ1n) is 15.2. The number of fused-ring (bicyclic) bond motifs is 3. The van der Waals surface area contributed by atoms with Crippen molar-refractivity contribution < 1.29 is 27.8 Å². The van der Waals surface area contributed by atoms with Crippen LogP contribution in [0.25, 0.3) is 0 Å². The third kappa shape index (κ3) is 5.65. The number of hydrogen-bond donors (Lipinski definition) is 2. The number of carboxylic acid groups (broad SMARTS) is 1. The molecule has 0 aromatic heterocycles. The number of benzene rings is 2. The van der Waals surface area contributed by atoms with Gasteiger partial charge in [0.15, 0.2) is 0 Å². The minimum Gasteiger partial charge on any atom is -0.490 e. The number of hydrogen-bond acceptors (Lipinski definition) is 6. The number of aromatic carboxylic acids is 1. The maximum absolute atomic E-state index is 12.2. The molecule has 0 unspecified atom stereocenters. The quantitative estimate of drug-likeness (QED) is 0.427. The van der Waals surface area contributed by atoms with E-state index in [1.807, 2.05) is 6.07 Å². The summed E-state index contributed by atoms with van der Waals surface area (Å²) in [5.74, 6) is 0.523. The molecule has 2 saturated carbocycles. The Balaban J connectivity index is 1.31. The molecule has 1 heterocycles. The third-order valence-corrected chi connectivity index (χ3v) is 12.1. The number of rotatable bonds is 7. The number of nitrogens with zero attached hydrogens (tertiary/aromatic N) is 1. The molecule has 0 amide bonds. The minimum atomic E-state index is -3.58. The maximum atomic E-state index is 12.2. The van der Waals surface area contributed by atoms with Gasteiger partial charge < -0.3 is 19.5 Å². The zero-order valence-electron chi connectivity index (χ0n) is 24.1. The van der Waals surface area contributed by atoms with E-state index in [1.54, 1.807) is 25.3 Å². The predicted molar refractivity (Wildman–Crippen MR) is 163 cm³/mol. The van der Waals surface area contributed by atoms with Crippen LogP contribution in [0.2, 0.25) is 5.02 Å². The largest absolute Gasteiger partial charge is 0.490 e. The van der Waals surface area contributed by atoms with E-state index in [0.29, 0.717) is 37.0 Å². The van der Waals surface area contributed by atoms with Crippen LogP contribution >= 0.6 is 11.6 Å². The summed E-state index contributed by atoms with van der Waals surface area (Å²) in [6.07, 6.45) is 7.97. The number of ether oxygens (including phenoxy) is 2. The summed E-state index contributed by atoms with van der Waals surface area (Å²) in [7, 11) is -1.83. The van der Waals surface area contributed by atoms with Crippen LogP contribution in [-0.4, -0.2) is 57.7 Å². The molecule has 10 heteroatoms. The molecule has 1 aliphatic heterocycles. The van der Waals surface area contributed by atoms with Crippen LogP contribution in [-0.2, 0) is 26.6 Å². The lowest BCUT2D eigenvalue weighted by Crippen LogP contribution is -2.51. The summed E-state index contributed by atoms with van der Waals surface area (Å²) in [4.78, 5) is 14.3. The maximum Gasteiger partial charge on any atom is 0.335 e. The molecule has 3 aliphatic carbocycles. The Morgan fingerprint density at radius 1 is 1.19 bits per heavy atom. The molecule has 1 spiro atoms. The highest BCUT2D eigenvalue weighted by molar-refractivity contribution is 7.89. The Labute approximate surface area is 253 Å². The van der Waals surface area contributed by atoms with Crippen LogP contribution in [0, 0.1) is 17.8 Å². The van der Waals surface area contributed by atoms with Gasteiger partial charge in [-0.2, -0.15) is 0 Å². The predicted octanol–water partition coefficient (Wildman–Crippen LogP) is 5.40. The highest BCUT2D eigenvalue weighted by Gasteiger charge is 2.46. The summed E-state index contributed by atoms with van der Waals surface area (Å²) < 4.78 is 37.0. The van der Waals surface area contributed by atoms with Gasteiger partial charge in [0, 0.05) is 30.6 Å². The van der Waals surface area contributed by atoms with Crippen molar-refractivity contribution in [1.82, 2.24) is 0 Å². The van der Waals surface area contributed by atoms with Crippen LogP contribution < -0.4 is 14.8 Å². The first kappa shape index (κ1) is 29.7. The molecule has 3 N–H and O–H groups in total. The number of aryl methyl sites for hydroxylation is 1. The van der Waals surface area contributed by atoms with Gasteiger partial charge in [0.2, 0.25) is 10.0 Å². The van der Waals surface area contributed by atoms with E-state index in [2.05, 4.69) is 17.0 Å². The highest BCUT2D eigenvalue weighted by Crippen LogP contribution is 2.48. The SMILES string of the molecule is CO[C@@H]([C@H]1CCC[C@H](S(N)(=O)=O)C1)[C@@H]1CC[C@H]1CN1C[C@@]2(CCCc3cc(Cl)ccc32)COc2ccc(C(=O)O)cc21. The van der Waals surface area contributed by atoms with Gasteiger partial charge in [-0.25, -0.2) is 18.4 Å². The smallest absolute Gasteiger partial charge is 0.335 e. The molecular weight excluding hydrogens is 576 g/mol. The molecule has 0 radical (unpaired) electrons. The van der Waals surface area contributed by atoms with E-state index in [0.717, 1.165) is 68.7 Å². The fraction of sp³-hybridized carbons (Fsp3) is 0.594. The lowest BCUT2D eigenvalue weighted by Gasteiger charge is -2.48. The number of anilines is 1. The molecule has 42 heavy (non-hydrogen) atoms. The fourth-order valence-corrected chi connectivity index (χ4v) is 9.48. The van der Waals surface area contributed by atoms with Crippen molar-refractivity contribution in [3.63, 3.8) is 0 Å². The van der Waals surface area contributed by atoms with Gasteiger partial charge in [-0.15, -0.1) is 0 Å². The van der Waals surface area contributed by atoms with E-state index in [9.17, 15) is 18.3 Å². The van der Waals surface area contributed by atoms with Crippen molar-refractivity contribution in [3.8, 4) is 5.75 Å². The average Bonchev–Trinajstić information content (AvgIpc) is 3.10. The molecule has 0 saturated heterocycles. The van der Waals surface area contributed by atoms with Crippen LogP contribution in [0.1, 0.15) is 72.9 Å². The van der Waals surface area contributed by atoms with Crippen LogP contribution in [0.5, 0.6) is 5.75 Å². The van der Waals surface area contributed by atoms with Crippen molar-refractivity contribution in [3.05, 3.63) is 58.1 Å². The second-order valence-corrected chi connectivity index (χ2v) is 15.2. The molecule has 4 aliphatic rings. The van der Waals surface area contributed by atoms with Crippen molar-refractivity contribution in [2.24, 2.45) is 22.9 Å². The van der Waals surface area contributed by atoms with Crippen molar-refractivity contribution in [2.75, 3.05) is 31.7 Å². The number of nitrogens with two attached hydrogens (primary N) is 1. The van der Waals surface area contributed by atoms with Gasteiger partial charge in [0.1, 0.15) is 5.75 Å². The van der Waals surface area contributed by atoms with Gasteiger partial charge >= 0.3 is 5.97 Å². The summed E-state index contributed by atoms with van der Waals surface area (Å²) in [6.45, 7) is 1.98. The Morgan fingerprint density at radius 3 is 2.74 bits per heavy atom. The molecule has 6 atom stereocenters. The third-order valence-electron chi connectivity index (χ3n) is 10.5. The minimum absolute atomic E-state index is 0.0344. The van der Waals surface area contributed by atoms with Gasteiger partial charge in [-0.1, -0.05) is 24.1 Å². The van der Waals surface area contributed by atoms with Gasteiger partial charge in [-0.3, -0.25) is 0 Å². The number of primary sulfonamides is 1. The average molecular weight is 617 g/mol. The van der Waals surface area contributed by atoms with E-state index >= 15 is 0 Å². The Bertz CT molecular complexity index is 1450. The Hall–Kier alpha value is -2.33. The van der Waals surface area contributed by atoms with E-state index < -0.39 is 21.2 Å². The van der Waals surface area contributed by atoms with Gasteiger partial charge in [0.05, 0.1) is 29.2 Å². The summed E-state index contributed by atoms with van der Waals surface area (Å²) in [5.41, 5.74) is 3.35. The zero-order valence-corrected chi connectivity index (χ0v) is 25.7. The second kappa shape index (κ2) is 11.6. The molecule has 2 aromatic carbocycles. The van der Waals surface area contributed by atoms with Crippen LogP contribution in [0.4, 0.5) is 5.69 Å². The van der Waals surface area contributed by atoms with Crippen molar-refractivity contribution in [2.45, 2.75) is 74.6 Å². The zero-order chi connectivity index (χ0) is 29.6. The number of methoxy groups -OCH3 is 1. The van der Waals surface area contributed by atoms with Crippen molar-refractivity contribution >= 4 is 33.3 Å². The lowest BCUT2D eigenvalue weighted by molar-refractivity contribution is -0.0588. The topological polar surface area (TPSA) is 119 Å². The highest BCUT2D eigenvalue weighted by atomic mass is 35.5. The van der Waals surface area contributed by atoms with E-state index in [-0.39, 0.29) is 23.0 Å². The molecule has 0 bridgehead atoms. The standard InChI is InChI=1S/C32H41ClN2O6S/c1-40-30(21-4-2-6-25(15-21)42(34,38)39)26-10-7-23(26)17-35-18-32(13-3-5-20-14-24(33)9-11-27(20)32)19-41-29-12-8-22(31(36)37)16-28(29)35/h8-9,11-12,14,16,21,23,25-26,30H,2-7,10,13,15,17-19H2,1H3,(H,36,37)(H2,34,38,39)/t21-,23-,25-,26+,30-,32-/m0/s1. The first-order chi connectivity index (χ1) is 20.1. The summed E-state index contributed by atoms with van der Waals surface area (Å²) in [6, 6.07) is 11.3. The number of halogens is 1. The van der Waals surface area contributed by atoms with E-state index in [4.69, 9.17) is 26.2 Å². The Kier molecular flexibility index (Phi) is 8.24.